The molecule has 0 bridgehead atoms. The topological polar surface area (TPSA) is 131 Å². The van der Waals surface area contributed by atoms with Crippen molar-refractivity contribution in [2.75, 3.05) is 4.72 Å². The predicted octanol–water partition coefficient (Wildman–Crippen LogP) is 3.94. The lowest BCUT2D eigenvalue weighted by Gasteiger charge is -2.05. The third-order valence-electron chi connectivity index (χ3n) is 4.68. The zero-order valence-electron chi connectivity index (χ0n) is 17.1. The molecule has 1 saturated heterocycles. The number of aromatic nitrogens is 1. The lowest BCUT2D eigenvalue weighted by Crippen LogP contribution is -2.19. The van der Waals surface area contributed by atoms with E-state index in [1.165, 1.54) is 54.1 Å². The maximum absolute atomic E-state index is 12.7. The highest BCUT2D eigenvalue weighted by atomic mass is 32.2. The molecular formula is C22H14N4O5S3. The zero-order chi connectivity index (χ0) is 23.7. The number of fused-ring (bicyclic) bond motifs is 1. The minimum atomic E-state index is -3.77. The first-order valence-electron chi connectivity index (χ1n) is 9.71. The Hall–Kier alpha value is -3.74. The van der Waals surface area contributed by atoms with Crippen molar-refractivity contribution in [3.8, 4) is 0 Å². The van der Waals surface area contributed by atoms with Gasteiger partial charge in [0, 0.05) is 11.6 Å². The number of hydrogen-bond acceptors (Lipinski definition) is 9. The summed E-state index contributed by atoms with van der Waals surface area (Å²) in [5.41, 5.74) is 0.923. The van der Waals surface area contributed by atoms with Crippen LogP contribution in [0.15, 0.2) is 90.4 Å². The number of aliphatic imine (C=N–C) groups is 1. The number of nitrogens with zero attached hydrogens (tertiary/aromatic N) is 2. The number of rotatable bonds is 5. The van der Waals surface area contributed by atoms with Gasteiger partial charge in [0.2, 0.25) is 0 Å². The quantitative estimate of drug-likeness (QED) is 0.389. The average molecular weight is 511 g/mol. The lowest BCUT2D eigenvalue weighted by atomic mass is 10.1. The van der Waals surface area contributed by atoms with Crippen LogP contribution in [0.1, 0.15) is 5.56 Å². The number of benzene rings is 2. The second-order valence-corrected chi connectivity index (χ2v) is 10.5. The lowest BCUT2D eigenvalue weighted by molar-refractivity contribution is -0.115. The van der Waals surface area contributed by atoms with Crippen LogP contribution in [-0.2, 0) is 14.8 Å². The van der Waals surface area contributed by atoms with E-state index in [4.69, 9.17) is 4.42 Å². The number of anilines is 1. The molecule has 9 nitrogen and oxygen atoms in total. The predicted molar refractivity (Wildman–Crippen MR) is 133 cm³/mol. The van der Waals surface area contributed by atoms with E-state index >= 15 is 0 Å². The highest BCUT2D eigenvalue weighted by Crippen LogP contribution is 2.28. The molecule has 3 heterocycles. The van der Waals surface area contributed by atoms with Gasteiger partial charge in [0.15, 0.2) is 15.7 Å². The first-order valence-corrected chi connectivity index (χ1v) is 12.9. The molecular weight excluding hydrogens is 496 g/mol. The normalized spacial score (nSPS) is 16.3. The van der Waals surface area contributed by atoms with Crippen LogP contribution in [0.5, 0.6) is 0 Å². The molecule has 4 aromatic rings. The molecule has 12 heteroatoms. The summed E-state index contributed by atoms with van der Waals surface area (Å²) in [7, 11) is -3.77. The number of thiazole rings is 1. The van der Waals surface area contributed by atoms with Gasteiger partial charge in [0.05, 0.1) is 26.4 Å². The number of carbonyl (C=O) groups is 1. The third kappa shape index (κ3) is 4.51. The van der Waals surface area contributed by atoms with Gasteiger partial charge in [-0.05, 0) is 54.2 Å². The van der Waals surface area contributed by atoms with Gasteiger partial charge >= 0.3 is 0 Å². The molecule has 5 rings (SSSR count). The fourth-order valence-electron chi connectivity index (χ4n) is 3.08. The molecule has 0 radical (unpaired) electrons. The maximum atomic E-state index is 12.7. The molecule has 2 aromatic carbocycles. The summed E-state index contributed by atoms with van der Waals surface area (Å²) >= 11 is 2.24. The molecule has 0 atom stereocenters. The van der Waals surface area contributed by atoms with Gasteiger partial charge in [0.25, 0.3) is 15.9 Å². The highest BCUT2D eigenvalue weighted by molar-refractivity contribution is 8.18. The molecule has 0 unspecified atom stereocenters. The van der Waals surface area contributed by atoms with Gasteiger partial charge in [-0.2, -0.15) is 0 Å². The van der Waals surface area contributed by atoms with Crippen LogP contribution in [0, 0.1) is 0 Å². The largest absolute Gasteiger partial charge is 0.463 e. The van der Waals surface area contributed by atoms with E-state index in [0.29, 0.717) is 21.8 Å². The van der Waals surface area contributed by atoms with Crippen LogP contribution in [0.3, 0.4) is 0 Å². The van der Waals surface area contributed by atoms with Gasteiger partial charge in [-0.3, -0.25) is 14.3 Å². The Labute approximate surface area is 201 Å². The number of para-hydroxylation sites is 1. The summed E-state index contributed by atoms with van der Waals surface area (Å²) < 4.78 is 32.8. The number of sulfonamides is 1. The first-order chi connectivity index (χ1) is 16.4. The number of nitrogens with one attached hydrogen (secondary N) is 2. The molecule has 34 heavy (non-hydrogen) atoms. The molecule has 1 fully saturated rings. The molecule has 1 aliphatic rings. The van der Waals surface area contributed by atoms with E-state index in [2.05, 4.69) is 20.0 Å². The standard InChI is InChI=1S/C22H14N4O5S3/c27-19-13(12-31-17-4-2-1-3-16(17)19)11-18-20(28)25-22(33-18)24-14-5-7-15(8-6-14)34(29,30)26-21-23-9-10-32-21/h1-12H,(H,23,26)(H,24,25,28)/b18-11+. The highest BCUT2D eigenvalue weighted by Gasteiger charge is 2.24. The van der Waals surface area contributed by atoms with Crippen molar-refractivity contribution in [2.45, 2.75) is 4.90 Å². The number of carbonyl (C=O) groups excluding carboxylic acids is 1. The fraction of sp³-hybridized carbons (Fsp3) is 0. The summed E-state index contributed by atoms with van der Waals surface area (Å²) in [5, 5.41) is 5.31. The molecule has 0 saturated carbocycles. The van der Waals surface area contributed by atoms with Crippen molar-refractivity contribution in [2.24, 2.45) is 4.99 Å². The van der Waals surface area contributed by atoms with Gasteiger partial charge in [-0.1, -0.05) is 12.1 Å². The van der Waals surface area contributed by atoms with Gasteiger partial charge in [-0.15, -0.1) is 11.3 Å². The Morgan fingerprint density at radius 2 is 1.88 bits per heavy atom. The Bertz CT molecular complexity index is 1620. The van der Waals surface area contributed by atoms with E-state index < -0.39 is 15.9 Å². The summed E-state index contributed by atoms with van der Waals surface area (Å²) in [6.07, 6.45) is 4.28. The van der Waals surface area contributed by atoms with E-state index in [9.17, 15) is 18.0 Å². The number of amidine groups is 1. The smallest absolute Gasteiger partial charge is 0.264 e. The van der Waals surface area contributed by atoms with Crippen LogP contribution in [0.2, 0.25) is 0 Å². The number of hydrogen-bond donors (Lipinski definition) is 2. The van der Waals surface area contributed by atoms with Crippen molar-refractivity contribution >= 4 is 72.1 Å². The Kier molecular flexibility index (Phi) is 5.77. The van der Waals surface area contributed by atoms with Gasteiger partial charge < -0.3 is 9.73 Å². The SMILES string of the molecule is O=C1NC(=Nc2ccc(S(=O)(=O)Nc3nccs3)cc2)S/C1=C/c1coc2ccccc2c1=O. The monoisotopic (exact) mass is 510 g/mol. The summed E-state index contributed by atoms with van der Waals surface area (Å²) in [4.78, 5) is 33.7. The van der Waals surface area contributed by atoms with E-state index in [1.54, 1.807) is 29.6 Å². The maximum Gasteiger partial charge on any atom is 0.264 e. The summed E-state index contributed by atoms with van der Waals surface area (Å²) in [6, 6.07) is 12.7. The molecule has 2 aromatic heterocycles. The first kappa shape index (κ1) is 22.1. The number of amides is 1. The van der Waals surface area contributed by atoms with Crippen molar-refractivity contribution in [3.05, 3.63) is 87.1 Å². The van der Waals surface area contributed by atoms with Crippen molar-refractivity contribution in [1.82, 2.24) is 10.3 Å². The van der Waals surface area contributed by atoms with Crippen molar-refractivity contribution < 1.29 is 17.6 Å². The third-order valence-corrected chi connectivity index (χ3v) is 7.76. The van der Waals surface area contributed by atoms with Crippen LogP contribution < -0.4 is 15.5 Å². The average Bonchev–Trinajstić information content (AvgIpc) is 3.45. The Balaban J connectivity index is 1.35. The molecule has 1 amide bonds. The molecule has 0 aliphatic carbocycles. The molecule has 1 aliphatic heterocycles. The van der Waals surface area contributed by atoms with Crippen LogP contribution >= 0.6 is 23.1 Å². The Morgan fingerprint density at radius 3 is 2.65 bits per heavy atom. The van der Waals surface area contributed by atoms with Crippen LogP contribution in [0.4, 0.5) is 10.8 Å². The van der Waals surface area contributed by atoms with Gasteiger partial charge in [0.1, 0.15) is 11.8 Å². The van der Waals surface area contributed by atoms with E-state index in [-0.39, 0.29) is 25.9 Å². The fourth-order valence-corrected chi connectivity index (χ4v) is 5.70. The summed E-state index contributed by atoms with van der Waals surface area (Å²) in [6.45, 7) is 0. The van der Waals surface area contributed by atoms with Crippen LogP contribution in [-0.4, -0.2) is 24.5 Å². The van der Waals surface area contributed by atoms with Crippen LogP contribution in [0.25, 0.3) is 17.0 Å². The Morgan fingerprint density at radius 1 is 1.09 bits per heavy atom. The minimum Gasteiger partial charge on any atom is -0.463 e. The minimum absolute atomic E-state index is 0.0541. The second-order valence-electron chi connectivity index (χ2n) is 6.93. The zero-order valence-corrected chi connectivity index (χ0v) is 19.5. The second kappa shape index (κ2) is 8.89. The van der Waals surface area contributed by atoms with Crippen molar-refractivity contribution in [1.29, 1.82) is 0 Å². The van der Waals surface area contributed by atoms with Gasteiger partial charge in [-0.25, -0.2) is 18.4 Å². The van der Waals surface area contributed by atoms with E-state index in [0.717, 1.165) is 11.8 Å². The molecule has 170 valence electrons. The van der Waals surface area contributed by atoms with Crippen molar-refractivity contribution in [3.63, 3.8) is 0 Å². The van der Waals surface area contributed by atoms with E-state index in [1.807, 2.05) is 0 Å². The number of thioether (sulfide) groups is 1. The molecule has 2 N–H and O–H groups in total. The molecule has 0 spiro atoms. The summed E-state index contributed by atoms with van der Waals surface area (Å²) in [5.74, 6) is -0.400.